The average molecular weight is 313 g/mol. The molecule has 1 aromatic heterocycles. The first-order chi connectivity index (χ1) is 9.84. The lowest BCUT2D eigenvalue weighted by molar-refractivity contribution is -0.137. The Labute approximate surface area is 121 Å². The first-order valence-corrected chi connectivity index (χ1v) is 7.07. The SMILES string of the molecule is CC(c1ccc(C(F)(F)F)cc1)S(=O)c1cn[nH]c1C#N. The van der Waals surface area contributed by atoms with Crippen molar-refractivity contribution in [3.05, 3.63) is 47.3 Å². The molecular weight excluding hydrogens is 303 g/mol. The minimum Gasteiger partial charge on any atom is -0.267 e. The number of nitrogens with one attached hydrogen (secondary N) is 1. The second-order valence-electron chi connectivity index (χ2n) is 4.28. The van der Waals surface area contributed by atoms with Crippen LogP contribution in [0.15, 0.2) is 35.4 Å². The summed E-state index contributed by atoms with van der Waals surface area (Å²) < 4.78 is 49.8. The highest BCUT2D eigenvalue weighted by Crippen LogP contribution is 2.31. The van der Waals surface area contributed by atoms with Gasteiger partial charge in [0.1, 0.15) is 6.07 Å². The third kappa shape index (κ3) is 3.13. The first-order valence-electron chi connectivity index (χ1n) is 5.85. The Balaban J connectivity index is 2.26. The highest BCUT2D eigenvalue weighted by atomic mass is 32.2. The van der Waals surface area contributed by atoms with E-state index in [4.69, 9.17) is 5.26 Å². The normalized spacial score (nSPS) is 14.4. The van der Waals surface area contributed by atoms with Crippen molar-refractivity contribution in [2.45, 2.75) is 23.2 Å². The molecule has 0 saturated heterocycles. The summed E-state index contributed by atoms with van der Waals surface area (Å²) in [6.07, 6.45) is -3.12. The standard InChI is InChI=1S/C13H10F3N3OS/c1-8(21(20)12-7-18-19-11(12)6-17)9-2-4-10(5-3-9)13(14,15)16/h2-5,7-8H,1H3,(H,18,19). The van der Waals surface area contributed by atoms with Crippen LogP contribution in [0.5, 0.6) is 0 Å². The lowest BCUT2D eigenvalue weighted by Gasteiger charge is -2.12. The molecule has 2 rings (SSSR count). The van der Waals surface area contributed by atoms with E-state index >= 15 is 0 Å². The Morgan fingerprint density at radius 2 is 1.95 bits per heavy atom. The van der Waals surface area contributed by atoms with Gasteiger partial charge in [0.2, 0.25) is 0 Å². The smallest absolute Gasteiger partial charge is 0.267 e. The number of rotatable bonds is 3. The summed E-state index contributed by atoms with van der Waals surface area (Å²) in [5.41, 5.74) is -0.177. The van der Waals surface area contributed by atoms with Crippen LogP contribution in [0.25, 0.3) is 0 Å². The topological polar surface area (TPSA) is 69.5 Å². The quantitative estimate of drug-likeness (QED) is 0.946. The number of aromatic nitrogens is 2. The van der Waals surface area contributed by atoms with E-state index in [2.05, 4.69) is 10.2 Å². The Kier molecular flexibility index (Phi) is 4.14. The minimum atomic E-state index is -4.40. The first kappa shape index (κ1) is 15.3. The fourth-order valence-electron chi connectivity index (χ4n) is 1.76. The van der Waals surface area contributed by atoms with Crippen LogP contribution >= 0.6 is 0 Å². The minimum absolute atomic E-state index is 0.0899. The number of benzene rings is 1. The van der Waals surface area contributed by atoms with Crippen LogP contribution in [-0.2, 0) is 17.0 Å². The molecule has 0 amide bonds. The van der Waals surface area contributed by atoms with Crippen molar-refractivity contribution in [3.8, 4) is 6.07 Å². The number of halogens is 3. The Bertz CT molecular complexity index is 701. The second kappa shape index (κ2) is 5.69. The van der Waals surface area contributed by atoms with Gasteiger partial charge in [0, 0.05) is 0 Å². The fourth-order valence-corrected chi connectivity index (χ4v) is 3.00. The number of H-pyrrole nitrogens is 1. The zero-order valence-corrected chi connectivity index (χ0v) is 11.6. The zero-order chi connectivity index (χ0) is 15.6. The number of nitrogens with zero attached hydrogens (tertiary/aromatic N) is 2. The van der Waals surface area contributed by atoms with Gasteiger partial charge in [0.25, 0.3) is 0 Å². The zero-order valence-electron chi connectivity index (χ0n) is 10.8. The molecule has 21 heavy (non-hydrogen) atoms. The van der Waals surface area contributed by atoms with Crippen LogP contribution < -0.4 is 0 Å². The van der Waals surface area contributed by atoms with Crippen molar-refractivity contribution < 1.29 is 17.4 Å². The molecule has 0 spiro atoms. The third-order valence-electron chi connectivity index (χ3n) is 2.96. The van der Waals surface area contributed by atoms with E-state index in [1.165, 1.54) is 18.3 Å². The molecule has 4 nitrogen and oxygen atoms in total. The van der Waals surface area contributed by atoms with Crippen molar-refractivity contribution in [1.29, 1.82) is 5.26 Å². The summed E-state index contributed by atoms with van der Waals surface area (Å²) >= 11 is 0. The summed E-state index contributed by atoms with van der Waals surface area (Å²) in [5, 5.41) is 14.4. The van der Waals surface area contributed by atoms with Crippen molar-refractivity contribution in [2.75, 3.05) is 0 Å². The monoisotopic (exact) mass is 313 g/mol. The van der Waals surface area contributed by atoms with Gasteiger partial charge in [-0.2, -0.15) is 23.5 Å². The lowest BCUT2D eigenvalue weighted by atomic mass is 10.1. The van der Waals surface area contributed by atoms with Crippen LogP contribution in [0.1, 0.15) is 29.0 Å². The Morgan fingerprint density at radius 3 is 2.48 bits per heavy atom. The van der Waals surface area contributed by atoms with Gasteiger partial charge >= 0.3 is 6.18 Å². The maximum atomic E-state index is 12.5. The molecular formula is C13H10F3N3OS. The molecule has 0 radical (unpaired) electrons. The van der Waals surface area contributed by atoms with Gasteiger partial charge in [0.15, 0.2) is 5.69 Å². The molecule has 2 aromatic rings. The molecule has 0 bridgehead atoms. The van der Waals surface area contributed by atoms with Gasteiger partial charge in [-0.25, -0.2) is 0 Å². The molecule has 0 aliphatic heterocycles. The molecule has 8 heteroatoms. The molecule has 110 valence electrons. The van der Waals surface area contributed by atoms with Crippen molar-refractivity contribution in [3.63, 3.8) is 0 Å². The molecule has 2 unspecified atom stereocenters. The van der Waals surface area contributed by atoms with Crippen LogP contribution in [-0.4, -0.2) is 14.4 Å². The molecule has 0 aliphatic carbocycles. The highest BCUT2D eigenvalue weighted by Gasteiger charge is 2.30. The number of alkyl halides is 3. The van der Waals surface area contributed by atoms with Crippen molar-refractivity contribution >= 4 is 10.8 Å². The largest absolute Gasteiger partial charge is 0.416 e. The summed E-state index contributed by atoms with van der Waals surface area (Å²) in [6, 6.07) is 6.31. The van der Waals surface area contributed by atoms with Crippen LogP contribution in [0, 0.1) is 11.3 Å². The predicted molar refractivity (Wildman–Crippen MR) is 69.6 cm³/mol. The van der Waals surface area contributed by atoms with Gasteiger partial charge in [-0.3, -0.25) is 9.31 Å². The van der Waals surface area contributed by atoms with Gasteiger partial charge in [0.05, 0.1) is 32.7 Å². The number of hydrogen-bond donors (Lipinski definition) is 1. The van der Waals surface area contributed by atoms with E-state index in [-0.39, 0.29) is 10.6 Å². The third-order valence-corrected chi connectivity index (χ3v) is 4.62. The Morgan fingerprint density at radius 1 is 1.33 bits per heavy atom. The second-order valence-corrected chi connectivity index (χ2v) is 6.02. The van der Waals surface area contributed by atoms with Gasteiger partial charge in [-0.15, -0.1) is 0 Å². The fraction of sp³-hybridized carbons (Fsp3) is 0.231. The molecule has 1 aromatic carbocycles. The molecule has 0 aliphatic rings. The van der Waals surface area contributed by atoms with E-state index in [0.29, 0.717) is 5.56 Å². The molecule has 1 heterocycles. The van der Waals surface area contributed by atoms with Crippen molar-refractivity contribution in [2.24, 2.45) is 0 Å². The van der Waals surface area contributed by atoms with E-state index < -0.39 is 27.8 Å². The summed E-state index contributed by atoms with van der Waals surface area (Å²) in [5.74, 6) is 0. The Hall–Kier alpha value is -2.14. The van der Waals surface area contributed by atoms with Crippen LogP contribution in [0.4, 0.5) is 13.2 Å². The van der Waals surface area contributed by atoms with E-state index in [9.17, 15) is 17.4 Å². The average Bonchev–Trinajstić information content (AvgIpc) is 2.93. The van der Waals surface area contributed by atoms with E-state index in [0.717, 1.165) is 12.1 Å². The molecule has 0 saturated carbocycles. The predicted octanol–water partition coefficient (Wildman–Crippen LogP) is 3.17. The van der Waals surface area contributed by atoms with Crippen LogP contribution in [0.3, 0.4) is 0 Å². The van der Waals surface area contributed by atoms with E-state index in [1.54, 1.807) is 6.92 Å². The van der Waals surface area contributed by atoms with Gasteiger partial charge < -0.3 is 0 Å². The molecule has 1 N–H and O–H groups in total. The number of nitriles is 1. The number of hydrogen-bond acceptors (Lipinski definition) is 3. The maximum absolute atomic E-state index is 12.5. The van der Waals surface area contributed by atoms with E-state index in [1.807, 2.05) is 6.07 Å². The number of aromatic amines is 1. The lowest BCUT2D eigenvalue weighted by Crippen LogP contribution is -2.07. The highest BCUT2D eigenvalue weighted by molar-refractivity contribution is 7.85. The summed E-state index contributed by atoms with van der Waals surface area (Å²) in [6.45, 7) is 1.62. The molecule has 0 fully saturated rings. The van der Waals surface area contributed by atoms with Gasteiger partial charge in [-0.1, -0.05) is 12.1 Å². The van der Waals surface area contributed by atoms with Crippen LogP contribution in [0.2, 0.25) is 0 Å². The maximum Gasteiger partial charge on any atom is 0.416 e. The molecule has 2 atom stereocenters. The summed E-state index contributed by atoms with van der Waals surface area (Å²) in [4.78, 5) is 0.241. The van der Waals surface area contributed by atoms with Crippen molar-refractivity contribution in [1.82, 2.24) is 10.2 Å². The van der Waals surface area contributed by atoms with Gasteiger partial charge in [-0.05, 0) is 24.6 Å². The summed E-state index contributed by atoms with van der Waals surface area (Å²) in [7, 11) is -1.58.